The number of aryl methyl sites for hydroxylation is 1. The van der Waals surface area contributed by atoms with Gasteiger partial charge in [0.1, 0.15) is 0 Å². The first-order valence-electron chi connectivity index (χ1n) is 2.26. The maximum Gasteiger partial charge on any atom is 2.00 e. The summed E-state index contributed by atoms with van der Waals surface area (Å²) in [4.78, 5) is 3.88. The smallest absolute Gasteiger partial charge is 1.00 e. The van der Waals surface area contributed by atoms with Gasteiger partial charge in [-0.3, -0.25) is 4.98 Å². The number of nitrogens with zero attached hydrogens (tertiary/aromatic N) is 1. The number of halogens is 2. The summed E-state index contributed by atoms with van der Waals surface area (Å²) in [7, 11) is 0. The summed E-state index contributed by atoms with van der Waals surface area (Å²) in [5.74, 6) is 0. The molecule has 0 fully saturated rings. The Morgan fingerprint density at radius 2 is 1.90 bits per heavy atom. The molecule has 1 rings (SSSR count). The first-order valence-corrected chi connectivity index (χ1v) is 2.26. The van der Waals surface area contributed by atoms with Gasteiger partial charge in [-0.25, -0.2) is 0 Å². The average molecular weight is 309 g/mol. The second-order valence-electron chi connectivity index (χ2n) is 1.53. The third-order valence-corrected chi connectivity index (χ3v) is 0.809. The molecule has 0 atom stereocenters. The molecular weight excluding hydrogens is 302 g/mol. The topological polar surface area (TPSA) is 12.9 Å². The van der Waals surface area contributed by atoms with Crippen LogP contribution in [0.15, 0.2) is 24.5 Å². The summed E-state index contributed by atoms with van der Waals surface area (Å²) in [6.07, 6.45) is 3.60. The van der Waals surface area contributed by atoms with E-state index in [1.165, 1.54) is 5.56 Å². The van der Waals surface area contributed by atoms with E-state index in [2.05, 4.69) is 4.98 Å². The minimum Gasteiger partial charge on any atom is -1.00 e. The number of rotatable bonds is 0. The van der Waals surface area contributed by atoms with Gasteiger partial charge in [0, 0.05) is 12.4 Å². The van der Waals surface area contributed by atoms with Gasteiger partial charge in [0.2, 0.25) is 0 Å². The van der Waals surface area contributed by atoms with Crippen molar-refractivity contribution in [3.8, 4) is 0 Å². The molecule has 0 bridgehead atoms. The second kappa shape index (κ2) is 9.63. The van der Waals surface area contributed by atoms with Crippen molar-refractivity contribution in [2.45, 2.75) is 6.92 Å². The Kier molecular flexibility index (Phi) is 16.3. The molecular formula is C6H7Br2FeN. The van der Waals surface area contributed by atoms with Crippen molar-refractivity contribution in [3.63, 3.8) is 0 Å². The molecule has 1 aromatic heterocycles. The maximum absolute atomic E-state index is 3.88. The quantitative estimate of drug-likeness (QED) is 0.440. The second-order valence-corrected chi connectivity index (χ2v) is 1.53. The molecule has 0 saturated carbocycles. The van der Waals surface area contributed by atoms with Crippen LogP contribution in [0, 0.1) is 6.92 Å². The molecule has 0 saturated heterocycles. The SMILES string of the molecule is Cc1cccnc1.[Br-].[Br-].[Fe+2]. The predicted molar refractivity (Wildman–Crippen MR) is 29.0 cm³/mol. The van der Waals surface area contributed by atoms with Crippen molar-refractivity contribution >= 4 is 0 Å². The van der Waals surface area contributed by atoms with Crippen LogP contribution < -0.4 is 34.0 Å². The van der Waals surface area contributed by atoms with E-state index >= 15 is 0 Å². The van der Waals surface area contributed by atoms with Crippen molar-refractivity contribution in [1.29, 1.82) is 0 Å². The summed E-state index contributed by atoms with van der Waals surface area (Å²) in [6.45, 7) is 2.02. The van der Waals surface area contributed by atoms with Crippen molar-refractivity contribution in [1.82, 2.24) is 4.98 Å². The summed E-state index contributed by atoms with van der Waals surface area (Å²) in [6, 6.07) is 3.95. The summed E-state index contributed by atoms with van der Waals surface area (Å²) in [5.41, 5.74) is 1.21. The Balaban J connectivity index is -0.000000163. The zero-order valence-electron chi connectivity index (χ0n) is 5.37. The van der Waals surface area contributed by atoms with Crippen LogP contribution in [0.4, 0.5) is 0 Å². The van der Waals surface area contributed by atoms with Gasteiger partial charge >= 0.3 is 17.1 Å². The van der Waals surface area contributed by atoms with Crippen LogP contribution in [0.25, 0.3) is 0 Å². The van der Waals surface area contributed by atoms with Crippen molar-refractivity contribution < 1.29 is 51.0 Å². The van der Waals surface area contributed by atoms with Gasteiger partial charge in [0.05, 0.1) is 0 Å². The Bertz CT molecular complexity index is 146. The van der Waals surface area contributed by atoms with Crippen LogP contribution in [0.2, 0.25) is 0 Å². The van der Waals surface area contributed by atoms with E-state index in [1.807, 2.05) is 25.3 Å². The minimum atomic E-state index is 0. The molecule has 0 unspecified atom stereocenters. The molecule has 0 aliphatic rings. The fraction of sp³-hybridized carbons (Fsp3) is 0.167. The number of aromatic nitrogens is 1. The third kappa shape index (κ3) is 6.75. The Labute approximate surface area is 92.6 Å². The van der Waals surface area contributed by atoms with Gasteiger partial charge in [0.25, 0.3) is 0 Å². The fourth-order valence-corrected chi connectivity index (χ4v) is 0.448. The fourth-order valence-electron chi connectivity index (χ4n) is 0.448. The van der Waals surface area contributed by atoms with E-state index in [0.29, 0.717) is 0 Å². The molecule has 0 amide bonds. The first kappa shape index (κ1) is 16.9. The van der Waals surface area contributed by atoms with E-state index in [-0.39, 0.29) is 51.0 Å². The van der Waals surface area contributed by atoms with Gasteiger partial charge in [-0.15, -0.1) is 0 Å². The Morgan fingerprint density at radius 1 is 1.30 bits per heavy atom. The van der Waals surface area contributed by atoms with Crippen LogP contribution in [0.1, 0.15) is 5.56 Å². The molecule has 10 heavy (non-hydrogen) atoms. The number of hydrogen-bond acceptors (Lipinski definition) is 1. The molecule has 0 radical (unpaired) electrons. The third-order valence-electron chi connectivity index (χ3n) is 0.809. The van der Waals surface area contributed by atoms with E-state index < -0.39 is 0 Å². The molecule has 1 aromatic rings. The molecule has 0 N–H and O–H groups in total. The van der Waals surface area contributed by atoms with Gasteiger partial charge in [-0.2, -0.15) is 0 Å². The van der Waals surface area contributed by atoms with Crippen LogP contribution in [-0.2, 0) is 17.1 Å². The normalized spacial score (nSPS) is 6.10. The standard InChI is InChI=1S/C6H7N.2BrH.Fe/c1-6-3-2-4-7-5-6;;;/h2-5H,1H3;2*1H;/q;;;+2/p-2. The van der Waals surface area contributed by atoms with Crippen LogP contribution in [0.3, 0.4) is 0 Å². The van der Waals surface area contributed by atoms with Gasteiger partial charge in [-0.1, -0.05) is 6.07 Å². The van der Waals surface area contributed by atoms with Crippen molar-refractivity contribution in [2.75, 3.05) is 0 Å². The van der Waals surface area contributed by atoms with Gasteiger partial charge in [0.15, 0.2) is 0 Å². The van der Waals surface area contributed by atoms with Crippen LogP contribution >= 0.6 is 0 Å². The monoisotopic (exact) mass is 307 g/mol. The summed E-state index contributed by atoms with van der Waals surface area (Å²) < 4.78 is 0. The molecule has 1 nitrogen and oxygen atoms in total. The van der Waals surface area contributed by atoms with Crippen LogP contribution in [0.5, 0.6) is 0 Å². The Hall–Kier alpha value is 0.629. The van der Waals surface area contributed by atoms with E-state index in [9.17, 15) is 0 Å². The van der Waals surface area contributed by atoms with Crippen molar-refractivity contribution in [3.05, 3.63) is 30.1 Å². The van der Waals surface area contributed by atoms with E-state index in [0.717, 1.165) is 0 Å². The minimum absolute atomic E-state index is 0. The molecule has 0 aliphatic carbocycles. The summed E-state index contributed by atoms with van der Waals surface area (Å²) >= 11 is 0. The largest absolute Gasteiger partial charge is 2.00 e. The molecule has 4 heteroatoms. The number of pyridine rings is 1. The first-order chi connectivity index (χ1) is 3.39. The molecule has 0 aliphatic heterocycles. The molecule has 0 spiro atoms. The number of hydrogen-bond donors (Lipinski definition) is 0. The van der Waals surface area contributed by atoms with Gasteiger partial charge in [-0.05, 0) is 18.6 Å². The summed E-state index contributed by atoms with van der Waals surface area (Å²) in [5, 5.41) is 0. The Morgan fingerprint density at radius 3 is 2.10 bits per heavy atom. The van der Waals surface area contributed by atoms with Crippen molar-refractivity contribution in [2.24, 2.45) is 0 Å². The average Bonchev–Trinajstić information content (AvgIpc) is 1.69. The van der Waals surface area contributed by atoms with E-state index in [1.54, 1.807) is 6.20 Å². The zero-order chi connectivity index (χ0) is 5.11. The van der Waals surface area contributed by atoms with Crippen LogP contribution in [-0.4, -0.2) is 4.98 Å². The molecule has 0 aromatic carbocycles. The molecule has 58 valence electrons. The predicted octanol–water partition coefficient (Wildman–Crippen LogP) is -4.60. The maximum atomic E-state index is 3.88. The zero-order valence-corrected chi connectivity index (χ0v) is 9.64. The van der Waals surface area contributed by atoms with Gasteiger partial charge < -0.3 is 34.0 Å². The van der Waals surface area contributed by atoms with E-state index in [4.69, 9.17) is 0 Å². The molecule has 1 heterocycles.